The molecule has 0 unspecified atom stereocenters. The van der Waals surface area contributed by atoms with Gasteiger partial charge in [-0.05, 0) is 119 Å². The van der Waals surface area contributed by atoms with Crippen LogP contribution in [0.2, 0.25) is 0 Å². The zero-order valence-corrected chi connectivity index (χ0v) is 30.3. The predicted molar refractivity (Wildman–Crippen MR) is 235 cm³/mol. The number of nitrogens with zero attached hydrogens (tertiary/aromatic N) is 1. The summed E-state index contributed by atoms with van der Waals surface area (Å²) in [6.45, 7) is 0. The van der Waals surface area contributed by atoms with E-state index >= 15 is 0 Å². The van der Waals surface area contributed by atoms with Crippen molar-refractivity contribution in [3.63, 3.8) is 0 Å². The van der Waals surface area contributed by atoms with Crippen molar-refractivity contribution in [3.05, 3.63) is 224 Å². The Morgan fingerprint density at radius 1 is 0.218 bits per heavy atom. The summed E-state index contributed by atoms with van der Waals surface area (Å²) in [6.07, 6.45) is 0. The van der Waals surface area contributed by atoms with Gasteiger partial charge in [-0.15, -0.1) is 0 Å². The van der Waals surface area contributed by atoms with Crippen LogP contribution in [-0.2, 0) is 0 Å². The third kappa shape index (κ3) is 6.12. The minimum Gasteiger partial charge on any atom is -0.310 e. The Morgan fingerprint density at radius 2 is 0.709 bits per heavy atom. The van der Waals surface area contributed by atoms with Crippen LogP contribution in [0.15, 0.2) is 224 Å². The molecule has 10 aromatic carbocycles. The van der Waals surface area contributed by atoms with Gasteiger partial charge in [0.2, 0.25) is 0 Å². The minimum absolute atomic E-state index is 1.10. The summed E-state index contributed by atoms with van der Waals surface area (Å²) in [6, 6.07) is 81.6. The third-order valence-corrected chi connectivity index (χ3v) is 10.8. The van der Waals surface area contributed by atoms with E-state index in [-0.39, 0.29) is 0 Å². The summed E-state index contributed by atoms with van der Waals surface area (Å²) < 4.78 is 0. The third-order valence-electron chi connectivity index (χ3n) is 10.8. The molecule has 0 aliphatic heterocycles. The summed E-state index contributed by atoms with van der Waals surface area (Å²) in [5.41, 5.74) is 12.9. The molecule has 0 atom stereocenters. The summed E-state index contributed by atoms with van der Waals surface area (Å²) in [4.78, 5) is 2.41. The van der Waals surface area contributed by atoms with E-state index in [0.717, 1.165) is 17.1 Å². The van der Waals surface area contributed by atoms with Gasteiger partial charge in [-0.1, -0.05) is 182 Å². The summed E-state index contributed by atoms with van der Waals surface area (Å²) in [5.74, 6) is 0. The van der Waals surface area contributed by atoms with Crippen LogP contribution in [0.3, 0.4) is 0 Å². The van der Waals surface area contributed by atoms with Crippen molar-refractivity contribution >= 4 is 49.4 Å². The molecule has 0 aromatic heterocycles. The number of fused-ring (bicyclic) bond motifs is 4. The van der Waals surface area contributed by atoms with Gasteiger partial charge in [-0.2, -0.15) is 0 Å². The fourth-order valence-electron chi connectivity index (χ4n) is 8.10. The van der Waals surface area contributed by atoms with Gasteiger partial charge < -0.3 is 4.90 Å². The highest BCUT2D eigenvalue weighted by Crippen LogP contribution is 2.44. The lowest BCUT2D eigenvalue weighted by Gasteiger charge is -2.28. The summed E-state index contributed by atoms with van der Waals surface area (Å²) in [7, 11) is 0. The molecule has 1 nitrogen and oxygen atoms in total. The highest BCUT2D eigenvalue weighted by Gasteiger charge is 2.19. The Labute approximate surface area is 322 Å². The first-order valence-corrected chi connectivity index (χ1v) is 18.9. The number of hydrogen-bond acceptors (Lipinski definition) is 1. The van der Waals surface area contributed by atoms with E-state index in [1.807, 2.05) is 0 Å². The number of benzene rings is 10. The zero-order chi connectivity index (χ0) is 36.6. The molecule has 0 bridgehead atoms. The smallest absolute Gasteiger partial charge is 0.0468 e. The molecular weight excluding hydrogens is 663 g/mol. The second-order valence-corrected chi connectivity index (χ2v) is 14.1. The molecule has 0 fully saturated rings. The summed E-state index contributed by atoms with van der Waals surface area (Å²) in [5, 5.41) is 7.47. The molecule has 0 saturated carbocycles. The Hall–Kier alpha value is -7.22. The van der Waals surface area contributed by atoms with Gasteiger partial charge in [-0.3, -0.25) is 0 Å². The van der Waals surface area contributed by atoms with Crippen LogP contribution in [0.4, 0.5) is 17.1 Å². The maximum atomic E-state index is 2.41. The molecule has 0 heterocycles. The molecule has 0 saturated heterocycles. The van der Waals surface area contributed by atoms with Crippen molar-refractivity contribution in [2.45, 2.75) is 0 Å². The maximum absolute atomic E-state index is 2.41. The lowest BCUT2D eigenvalue weighted by Crippen LogP contribution is -2.10. The largest absolute Gasteiger partial charge is 0.310 e. The molecule has 258 valence electrons. The summed E-state index contributed by atoms with van der Waals surface area (Å²) >= 11 is 0. The van der Waals surface area contributed by atoms with Gasteiger partial charge in [0.1, 0.15) is 0 Å². The van der Waals surface area contributed by atoms with Crippen molar-refractivity contribution in [1.29, 1.82) is 0 Å². The number of rotatable bonds is 7. The zero-order valence-electron chi connectivity index (χ0n) is 30.3. The minimum atomic E-state index is 1.10. The number of hydrogen-bond donors (Lipinski definition) is 0. The Balaban J connectivity index is 1.17. The van der Waals surface area contributed by atoms with E-state index in [1.54, 1.807) is 0 Å². The van der Waals surface area contributed by atoms with Crippen molar-refractivity contribution in [2.24, 2.45) is 0 Å². The normalized spacial score (nSPS) is 11.3. The van der Waals surface area contributed by atoms with E-state index < -0.39 is 0 Å². The van der Waals surface area contributed by atoms with Crippen LogP contribution < -0.4 is 4.90 Å². The topological polar surface area (TPSA) is 3.24 Å². The first-order valence-electron chi connectivity index (χ1n) is 18.9. The van der Waals surface area contributed by atoms with Gasteiger partial charge in [0.15, 0.2) is 0 Å². The standard InChI is InChI=1S/C54H37N/c1-3-14-40(15-4-1)49-20-11-12-22-51(49)52-34-33-48(37-54(52)41-16-5-2-6-17-41)55(47-32-29-43-25-24-42-18-9-10-21-50(42)53(43)36-47)46-30-27-39(28-31-46)45-26-23-38-13-7-8-19-44(38)35-45/h1-37H. The first kappa shape index (κ1) is 32.4. The lowest BCUT2D eigenvalue weighted by atomic mass is 9.89. The molecule has 0 N–H and O–H groups in total. The Bertz CT molecular complexity index is 2960. The van der Waals surface area contributed by atoms with Crippen molar-refractivity contribution in [3.8, 4) is 44.5 Å². The van der Waals surface area contributed by atoms with Crippen LogP contribution in [-0.4, -0.2) is 0 Å². The van der Waals surface area contributed by atoms with Gasteiger partial charge in [0.25, 0.3) is 0 Å². The molecule has 0 aliphatic rings. The van der Waals surface area contributed by atoms with Crippen molar-refractivity contribution in [2.75, 3.05) is 4.90 Å². The molecular formula is C54H37N. The fraction of sp³-hybridized carbons (Fsp3) is 0. The molecule has 1 heteroatoms. The van der Waals surface area contributed by atoms with E-state index in [1.165, 1.54) is 76.8 Å². The van der Waals surface area contributed by atoms with Crippen molar-refractivity contribution < 1.29 is 0 Å². The van der Waals surface area contributed by atoms with E-state index in [0.29, 0.717) is 0 Å². The average molecular weight is 700 g/mol. The van der Waals surface area contributed by atoms with Crippen LogP contribution in [0.25, 0.3) is 76.8 Å². The van der Waals surface area contributed by atoms with E-state index in [4.69, 9.17) is 0 Å². The monoisotopic (exact) mass is 699 g/mol. The highest BCUT2D eigenvalue weighted by molar-refractivity contribution is 6.09. The molecule has 10 rings (SSSR count). The second-order valence-electron chi connectivity index (χ2n) is 14.1. The lowest BCUT2D eigenvalue weighted by molar-refractivity contribution is 1.29. The molecule has 55 heavy (non-hydrogen) atoms. The van der Waals surface area contributed by atoms with E-state index in [9.17, 15) is 0 Å². The Morgan fingerprint density at radius 3 is 1.47 bits per heavy atom. The predicted octanol–water partition coefficient (Wildman–Crippen LogP) is 15.3. The number of anilines is 3. The first-order chi connectivity index (χ1) is 27.3. The van der Waals surface area contributed by atoms with Gasteiger partial charge in [0.05, 0.1) is 0 Å². The SMILES string of the molecule is c1ccc(-c2ccccc2-c2ccc(N(c3ccc(-c4ccc5ccccc5c4)cc3)c3ccc4ccc5ccccc5c4c3)cc2-c2ccccc2)cc1. The van der Waals surface area contributed by atoms with Gasteiger partial charge in [-0.25, -0.2) is 0 Å². The average Bonchev–Trinajstić information content (AvgIpc) is 3.27. The van der Waals surface area contributed by atoms with Crippen LogP contribution in [0.1, 0.15) is 0 Å². The molecule has 10 aromatic rings. The highest BCUT2D eigenvalue weighted by atomic mass is 15.1. The second kappa shape index (κ2) is 14.0. The van der Waals surface area contributed by atoms with Crippen LogP contribution in [0, 0.1) is 0 Å². The van der Waals surface area contributed by atoms with Crippen LogP contribution >= 0.6 is 0 Å². The van der Waals surface area contributed by atoms with Crippen molar-refractivity contribution in [1.82, 2.24) is 0 Å². The van der Waals surface area contributed by atoms with E-state index in [2.05, 4.69) is 229 Å². The molecule has 0 aliphatic carbocycles. The van der Waals surface area contributed by atoms with Gasteiger partial charge in [0, 0.05) is 17.1 Å². The fourth-order valence-corrected chi connectivity index (χ4v) is 8.10. The van der Waals surface area contributed by atoms with Crippen LogP contribution in [0.5, 0.6) is 0 Å². The quantitative estimate of drug-likeness (QED) is 0.150. The van der Waals surface area contributed by atoms with Gasteiger partial charge >= 0.3 is 0 Å². The molecule has 0 radical (unpaired) electrons. The molecule has 0 spiro atoms. The maximum Gasteiger partial charge on any atom is 0.0468 e. The Kier molecular flexibility index (Phi) is 8.24. The molecule has 0 amide bonds.